The van der Waals surface area contributed by atoms with E-state index >= 15 is 0 Å². The second-order valence-corrected chi connectivity index (χ2v) is 6.45. The Hall–Kier alpha value is -4.20. The van der Waals surface area contributed by atoms with Gasteiger partial charge in [-0.15, -0.1) is 0 Å². The third-order valence-electron chi connectivity index (χ3n) is 4.38. The number of benzene rings is 3. The predicted molar refractivity (Wildman–Crippen MR) is 118 cm³/mol. The second kappa shape index (κ2) is 10.7. The molecule has 0 heterocycles. The number of esters is 1. The zero-order chi connectivity index (χ0) is 22.9. The highest BCUT2D eigenvalue weighted by Crippen LogP contribution is 2.39. The summed E-state index contributed by atoms with van der Waals surface area (Å²) in [7, 11) is 4.30. The smallest absolute Gasteiger partial charge is 0.342 e. The highest BCUT2D eigenvalue weighted by atomic mass is 16.5. The molecule has 0 saturated heterocycles. The lowest BCUT2D eigenvalue weighted by molar-refractivity contribution is -0.119. The third kappa shape index (κ3) is 5.48. The van der Waals surface area contributed by atoms with E-state index in [1.165, 1.54) is 27.4 Å². The maximum atomic E-state index is 12.5. The van der Waals surface area contributed by atoms with Gasteiger partial charge in [0.25, 0.3) is 5.91 Å². The Kier molecular flexibility index (Phi) is 7.53. The first-order chi connectivity index (χ1) is 15.5. The van der Waals surface area contributed by atoms with Gasteiger partial charge in [-0.2, -0.15) is 0 Å². The molecular weight excluding hydrogens is 414 g/mol. The monoisotopic (exact) mass is 437 g/mol. The molecule has 0 spiro atoms. The standard InChI is InChI=1S/C24H23NO7/c1-28-20-14-13-19(22(29-2)23(20)30-3)24(27)31-15-21(26)25-16-9-11-18(12-10-16)32-17-7-5-4-6-8-17/h4-14H,15H2,1-3H3,(H,25,26). The number of carbonyl (C=O) groups is 2. The van der Waals surface area contributed by atoms with Gasteiger partial charge in [0.1, 0.15) is 17.1 Å². The molecular formula is C24H23NO7. The zero-order valence-electron chi connectivity index (χ0n) is 17.9. The fraction of sp³-hybridized carbons (Fsp3) is 0.167. The van der Waals surface area contributed by atoms with Gasteiger partial charge in [-0.25, -0.2) is 4.79 Å². The van der Waals surface area contributed by atoms with Crippen LogP contribution in [-0.4, -0.2) is 39.8 Å². The Morgan fingerprint density at radius 2 is 1.41 bits per heavy atom. The van der Waals surface area contributed by atoms with Gasteiger partial charge in [0.15, 0.2) is 18.1 Å². The highest BCUT2D eigenvalue weighted by molar-refractivity contribution is 5.97. The average Bonchev–Trinajstić information content (AvgIpc) is 2.83. The second-order valence-electron chi connectivity index (χ2n) is 6.45. The van der Waals surface area contributed by atoms with Crippen molar-refractivity contribution in [3.8, 4) is 28.7 Å². The predicted octanol–water partition coefficient (Wildman–Crippen LogP) is 4.30. The number of rotatable bonds is 9. The van der Waals surface area contributed by atoms with Crippen molar-refractivity contribution in [3.63, 3.8) is 0 Å². The first-order valence-electron chi connectivity index (χ1n) is 9.64. The number of hydrogen-bond donors (Lipinski definition) is 1. The van der Waals surface area contributed by atoms with E-state index in [4.69, 9.17) is 23.7 Å². The van der Waals surface area contributed by atoms with E-state index in [-0.39, 0.29) is 17.1 Å². The summed E-state index contributed by atoms with van der Waals surface area (Å²) in [4.78, 5) is 24.7. The van der Waals surface area contributed by atoms with Gasteiger partial charge in [0, 0.05) is 5.69 Å². The lowest BCUT2D eigenvalue weighted by atomic mass is 10.1. The van der Waals surface area contributed by atoms with Crippen molar-refractivity contribution in [3.05, 3.63) is 72.3 Å². The molecule has 3 aromatic rings. The van der Waals surface area contributed by atoms with Crippen LogP contribution in [0.25, 0.3) is 0 Å². The van der Waals surface area contributed by atoms with E-state index in [0.717, 1.165) is 0 Å². The molecule has 0 saturated carbocycles. The largest absolute Gasteiger partial charge is 0.493 e. The van der Waals surface area contributed by atoms with Crippen molar-refractivity contribution < 1.29 is 33.3 Å². The van der Waals surface area contributed by atoms with E-state index in [0.29, 0.717) is 22.9 Å². The molecule has 166 valence electrons. The molecule has 32 heavy (non-hydrogen) atoms. The van der Waals surface area contributed by atoms with Crippen LogP contribution < -0.4 is 24.3 Å². The number of ether oxygens (including phenoxy) is 5. The summed E-state index contributed by atoms with van der Waals surface area (Å²) in [6.07, 6.45) is 0. The number of amides is 1. The van der Waals surface area contributed by atoms with Gasteiger partial charge in [0.2, 0.25) is 5.75 Å². The molecule has 3 aromatic carbocycles. The topological polar surface area (TPSA) is 92.3 Å². The molecule has 0 aromatic heterocycles. The number of methoxy groups -OCH3 is 3. The van der Waals surface area contributed by atoms with Crippen LogP contribution in [0.2, 0.25) is 0 Å². The quantitative estimate of drug-likeness (QED) is 0.499. The van der Waals surface area contributed by atoms with Crippen molar-refractivity contribution >= 4 is 17.6 Å². The Bertz CT molecular complexity index is 1070. The molecule has 0 aliphatic rings. The molecule has 1 N–H and O–H groups in total. The number of nitrogens with one attached hydrogen (secondary N) is 1. The normalized spacial score (nSPS) is 10.1. The summed E-state index contributed by atoms with van der Waals surface area (Å²) in [6.45, 7) is -0.474. The molecule has 0 aliphatic carbocycles. The molecule has 1 amide bonds. The molecule has 0 bridgehead atoms. The Morgan fingerprint density at radius 1 is 0.750 bits per heavy atom. The SMILES string of the molecule is COc1ccc(C(=O)OCC(=O)Nc2ccc(Oc3ccccc3)cc2)c(OC)c1OC. The first-order valence-corrected chi connectivity index (χ1v) is 9.64. The van der Waals surface area contributed by atoms with Crippen molar-refractivity contribution in [1.29, 1.82) is 0 Å². The highest BCUT2D eigenvalue weighted by Gasteiger charge is 2.22. The van der Waals surface area contributed by atoms with Crippen LogP contribution in [0.4, 0.5) is 5.69 Å². The summed E-state index contributed by atoms with van der Waals surface area (Å²) >= 11 is 0. The molecule has 8 heteroatoms. The van der Waals surface area contributed by atoms with E-state index < -0.39 is 18.5 Å². The minimum absolute atomic E-state index is 0.111. The number of para-hydroxylation sites is 1. The lowest BCUT2D eigenvalue weighted by Gasteiger charge is -2.15. The summed E-state index contributed by atoms with van der Waals surface area (Å²) < 4.78 is 26.6. The Morgan fingerprint density at radius 3 is 2.03 bits per heavy atom. The van der Waals surface area contributed by atoms with Crippen molar-refractivity contribution in [1.82, 2.24) is 0 Å². The van der Waals surface area contributed by atoms with Crippen LogP contribution in [0.5, 0.6) is 28.7 Å². The molecule has 0 radical (unpaired) electrons. The summed E-state index contributed by atoms with van der Waals surface area (Å²) in [5, 5.41) is 2.66. The first kappa shape index (κ1) is 22.5. The van der Waals surface area contributed by atoms with Gasteiger partial charge in [-0.1, -0.05) is 18.2 Å². The number of hydrogen-bond acceptors (Lipinski definition) is 7. The van der Waals surface area contributed by atoms with Gasteiger partial charge in [-0.3, -0.25) is 4.79 Å². The fourth-order valence-corrected chi connectivity index (χ4v) is 2.90. The minimum atomic E-state index is -0.732. The van der Waals surface area contributed by atoms with Gasteiger partial charge < -0.3 is 29.0 Å². The van der Waals surface area contributed by atoms with E-state index in [1.807, 2.05) is 30.3 Å². The van der Waals surface area contributed by atoms with Gasteiger partial charge in [-0.05, 0) is 48.5 Å². The fourth-order valence-electron chi connectivity index (χ4n) is 2.90. The zero-order valence-corrected chi connectivity index (χ0v) is 17.9. The van der Waals surface area contributed by atoms with Crippen molar-refractivity contribution in [2.45, 2.75) is 0 Å². The molecule has 0 fully saturated rings. The Balaban J connectivity index is 1.57. The summed E-state index contributed by atoms with van der Waals surface area (Å²) in [6, 6.07) is 19.2. The molecule has 0 atom stereocenters. The van der Waals surface area contributed by atoms with Gasteiger partial charge in [0.05, 0.1) is 21.3 Å². The molecule has 0 unspecified atom stereocenters. The van der Waals surface area contributed by atoms with Crippen LogP contribution in [0, 0.1) is 0 Å². The van der Waals surface area contributed by atoms with Crippen LogP contribution in [0.1, 0.15) is 10.4 Å². The minimum Gasteiger partial charge on any atom is -0.493 e. The van der Waals surface area contributed by atoms with Crippen LogP contribution in [0.3, 0.4) is 0 Å². The van der Waals surface area contributed by atoms with E-state index in [9.17, 15) is 9.59 Å². The summed E-state index contributed by atoms with van der Waals surface area (Å²) in [5.74, 6) is 0.929. The lowest BCUT2D eigenvalue weighted by Crippen LogP contribution is -2.21. The number of carbonyl (C=O) groups excluding carboxylic acids is 2. The van der Waals surface area contributed by atoms with Crippen molar-refractivity contribution in [2.75, 3.05) is 33.3 Å². The van der Waals surface area contributed by atoms with Gasteiger partial charge >= 0.3 is 5.97 Å². The van der Waals surface area contributed by atoms with Crippen LogP contribution in [-0.2, 0) is 9.53 Å². The van der Waals surface area contributed by atoms with Crippen LogP contribution >= 0.6 is 0 Å². The molecule has 8 nitrogen and oxygen atoms in total. The van der Waals surface area contributed by atoms with E-state index in [2.05, 4.69) is 5.32 Å². The Labute approximate surface area is 185 Å². The van der Waals surface area contributed by atoms with Crippen molar-refractivity contribution in [2.24, 2.45) is 0 Å². The number of anilines is 1. The summed E-state index contributed by atoms with van der Waals surface area (Å²) in [5.41, 5.74) is 0.649. The maximum absolute atomic E-state index is 12.5. The van der Waals surface area contributed by atoms with Crippen LogP contribution in [0.15, 0.2) is 66.7 Å². The van der Waals surface area contributed by atoms with E-state index in [1.54, 1.807) is 30.3 Å². The molecule has 0 aliphatic heterocycles. The average molecular weight is 437 g/mol. The maximum Gasteiger partial charge on any atom is 0.342 e. The third-order valence-corrected chi connectivity index (χ3v) is 4.38. The molecule has 3 rings (SSSR count).